The SMILES string of the molecule is Cc1cccc(C)c1NC(=O)C[n+]1ccccn1. The zero-order chi connectivity index (χ0) is 13.0. The topological polar surface area (TPSA) is 45.9 Å². The second kappa shape index (κ2) is 5.40. The fourth-order valence-corrected chi connectivity index (χ4v) is 1.79. The van der Waals surface area contributed by atoms with Crippen molar-refractivity contribution >= 4 is 11.6 Å². The summed E-state index contributed by atoms with van der Waals surface area (Å²) >= 11 is 0. The van der Waals surface area contributed by atoms with Gasteiger partial charge in [-0.25, -0.2) is 0 Å². The molecule has 0 aliphatic heterocycles. The molecular formula is C14H16N3O+. The molecule has 0 unspecified atom stereocenters. The monoisotopic (exact) mass is 242 g/mol. The molecule has 0 bridgehead atoms. The number of carbonyl (C=O) groups is 1. The van der Waals surface area contributed by atoms with E-state index < -0.39 is 0 Å². The molecule has 2 rings (SSSR count). The van der Waals surface area contributed by atoms with E-state index in [1.165, 1.54) is 0 Å². The number of para-hydroxylation sites is 1. The van der Waals surface area contributed by atoms with Crippen LogP contribution in [0.4, 0.5) is 5.69 Å². The van der Waals surface area contributed by atoms with E-state index in [0.717, 1.165) is 16.8 Å². The van der Waals surface area contributed by atoms with Crippen LogP contribution in [0.2, 0.25) is 0 Å². The highest BCUT2D eigenvalue weighted by atomic mass is 16.2. The first-order valence-electron chi connectivity index (χ1n) is 5.83. The molecule has 2 aromatic rings. The number of nitrogens with zero attached hydrogens (tertiary/aromatic N) is 2. The maximum Gasteiger partial charge on any atom is 0.292 e. The third-order valence-corrected chi connectivity index (χ3v) is 2.72. The number of amides is 1. The van der Waals surface area contributed by atoms with Gasteiger partial charge in [-0.1, -0.05) is 22.9 Å². The molecule has 1 heterocycles. The number of benzene rings is 1. The van der Waals surface area contributed by atoms with Crippen LogP contribution in [0.15, 0.2) is 42.7 Å². The summed E-state index contributed by atoms with van der Waals surface area (Å²) in [5, 5.41) is 6.99. The summed E-state index contributed by atoms with van der Waals surface area (Å²) < 4.78 is 1.60. The lowest BCUT2D eigenvalue weighted by Gasteiger charge is -2.09. The summed E-state index contributed by atoms with van der Waals surface area (Å²) in [7, 11) is 0. The average molecular weight is 242 g/mol. The van der Waals surface area contributed by atoms with Crippen LogP contribution in [0.1, 0.15) is 11.1 Å². The van der Waals surface area contributed by atoms with Crippen molar-refractivity contribution in [3.05, 3.63) is 53.9 Å². The Labute approximate surface area is 106 Å². The third kappa shape index (κ3) is 2.91. The van der Waals surface area contributed by atoms with Gasteiger partial charge in [0.1, 0.15) is 0 Å². The molecule has 18 heavy (non-hydrogen) atoms. The van der Waals surface area contributed by atoms with Crippen LogP contribution >= 0.6 is 0 Å². The summed E-state index contributed by atoms with van der Waals surface area (Å²) in [5.41, 5.74) is 3.02. The predicted octanol–water partition coefficient (Wildman–Crippen LogP) is 1.62. The first-order valence-corrected chi connectivity index (χ1v) is 5.83. The highest BCUT2D eigenvalue weighted by Gasteiger charge is 2.12. The number of rotatable bonds is 3. The third-order valence-electron chi connectivity index (χ3n) is 2.72. The van der Waals surface area contributed by atoms with Crippen molar-refractivity contribution in [2.75, 3.05) is 5.32 Å². The van der Waals surface area contributed by atoms with Crippen molar-refractivity contribution in [2.24, 2.45) is 0 Å². The number of anilines is 1. The van der Waals surface area contributed by atoms with Crippen LogP contribution in [0, 0.1) is 13.8 Å². The number of aromatic nitrogens is 2. The van der Waals surface area contributed by atoms with E-state index in [2.05, 4.69) is 10.4 Å². The molecule has 0 saturated carbocycles. The van der Waals surface area contributed by atoms with Gasteiger partial charge in [0, 0.05) is 11.8 Å². The molecule has 0 spiro atoms. The van der Waals surface area contributed by atoms with Gasteiger partial charge in [0.2, 0.25) is 0 Å². The van der Waals surface area contributed by atoms with Gasteiger partial charge < -0.3 is 5.32 Å². The highest BCUT2D eigenvalue weighted by molar-refractivity contribution is 5.91. The molecule has 1 N–H and O–H groups in total. The minimum absolute atomic E-state index is 0.0731. The second-order valence-corrected chi connectivity index (χ2v) is 4.21. The molecule has 0 fully saturated rings. The zero-order valence-corrected chi connectivity index (χ0v) is 10.6. The summed E-state index contributed by atoms with van der Waals surface area (Å²) in [6.45, 7) is 4.18. The van der Waals surface area contributed by atoms with Gasteiger partial charge in [-0.15, -0.1) is 0 Å². The van der Waals surface area contributed by atoms with E-state index in [9.17, 15) is 4.79 Å². The Hall–Kier alpha value is -2.23. The first-order chi connectivity index (χ1) is 8.66. The summed E-state index contributed by atoms with van der Waals surface area (Å²) in [6.07, 6.45) is 3.43. The quantitative estimate of drug-likeness (QED) is 0.831. The van der Waals surface area contributed by atoms with Gasteiger partial charge in [0.05, 0.1) is 6.20 Å². The lowest BCUT2D eigenvalue weighted by Crippen LogP contribution is -2.43. The van der Waals surface area contributed by atoms with Gasteiger partial charge in [0.25, 0.3) is 12.5 Å². The Balaban J connectivity index is 2.08. The van der Waals surface area contributed by atoms with E-state index in [-0.39, 0.29) is 12.5 Å². The highest BCUT2D eigenvalue weighted by Crippen LogP contribution is 2.18. The molecule has 1 aromatic carbocycles. The van der Waals surface area contributed by atoms with Crippen molar-refractivity contribution in [1.29, 1.82) is 0 Å². The lowest BCUT2D eigenvalue weighted by atomic mass is 10.1. The van der Waals surface area contributed by atoms with E-state index >= 15 is 0 Å². The van der Waals surface area contributed by atoms with Crippen molar-refractivity contribution < 1.29 is 9.48 Å². The Morgan fingerprint density at radius 1 is 1.22 bits per heavy atom. The number of hydrogen-bond acceptors (Lipinski definition) is 2. The van der Waals surface area contributed by atoms with E-state index in [4.69, 9.17) is 0 Å². The Kier molecular flexibility index (Phi) is 3.67. The largest absolute Gasteiger partial charge is 0.320 e. The molecule has 4 heteroatoms. The molecule has 0 radical (unpaired) electrons. The molecule has 0 atom stereocenters. The van der Waals surface area contributed by atoms with E-state index in [1.807, 2.05) is 44.2 Å². The lowest BCUT2D eigenvalue weighted by molar-refractivity contribution is -0.742. The maximum atomic E-state index is 11.9. The Morgan fingerprint density at radius 2 is 1.94 bits per heavy atom. The van der Waals surface area contributed by atoms with Gasteiger partial charge in [-0.3, -0.25) is 4.79 Å². The molecule has 0 aliphatic carbocycles. The summed E-state index contributed by atoms with van der Waals surface area (Å²) in [4.78, 5) is 11.9. The molecule has 4 nitrogen and oxygen atoms in total. The van der Waals surface area contributed by atoms with Gasteiger partial charge in [-0.05, 0) is 36.1 Å². The van der Waals surface area contributed by atoms with Gasteiger partial charge in [-0.2, -0.15) is 0 Å². The smallest absolute Gasteiger partial charge is 0.292 e. The van der Waals surface area contributed by atoms with Crippen molar-refractivity contribution in [3.63, 3.8) is 0 Å². The van der Waals surface area contributed by atoms with Crippen LogP contribution in [-0.4, -0.2) is 11.0 Å². The van der Waals surface area contributed by atoms with Crippen LogP contribution in [0.3, 0.4) is 0 Å². The number of carbonyl (C=O) groups excluding carboxylic acids is 1. The van der Waals surface area contributed by atoms with Crippen LogP contribution in [-0.2, 0) is 11.3 Å². The summed E-state index contributed by atoms with van der Waals surface area (Å²) in [6, 6.07) is 9.61. The molecule has 0 aliphatic rings. The Bertz CT molecular complexity index is 532. The standard InChI is InChI=1S/C14H15N3O/c1-11-6-5-7-12(2)14(11)16-13(18)10-17-9-4-3-8-15-17/h3-9H,10H2,1-2H3/p+1. The number of hydrogen-bond donors (Lipinski definition) is 1. The fourth-order valence-electron chi connectivity index (χ4n) is 1.79. The molecule has 1 aromatic heterocycles. The number of nitrogens with one attached hydrogen (secondary N) is 1. The summed E-state index contributed by atoms with van der Waals surface area (Å²) in [5.74, 6) is -0.0731. The van der Waals surface area contributed by atoms with E-state index in [0.29, 0.717) is 0 Å². The average Bonchev–Trinajstić information content (AvgIpc) is 2.35. The molecule has 92 valence electrons. The predicted molar refractivity (Wildman–Crippen MR) is 69.0 cm³/mol. The minimum Gasteiger partial charge on any atom is -0.320 e. The Morgan fingerprint density at radius 3 is 2.56 bits per heavy atom. The molecular weight excluding hydrogens is 226 g/mol. The fraction of sp³-hybridized carbons (Fsp3) is 0.214. The normalized spacial score (nSPS) is 10.1. The van der Waals surface area contributed by atoms with Crippen molar-refractivity contribution in [1.82, 2.24) is 5.10 Å². The van der Waals surface area contributed by atoms with Crippen LogP contribution in [0.5, 0.6) is 0 Å². The van der Waals surface area contributed by atoms with Gasteiger partial charge in [0.15, 0.2) is 6.20 Å². The molecule has 0 saturated heterocycles. The van der Waals surface area contributed by atoms with E-state index in [1.54, 1.807) is 17.1 Å². The molecule has 1 amide bonds. The van der Waals surface area contributed by atoms with Crippen molar-refractivity contribution in [3.8, 4) is 0 Å². The van der Waals surface area contributed by atoms with Crippen LogP contribution in [0.25, 0.3) is 0 Å². The number of aryl methyl sites for hydroxylation is 2. The van der Waals surface area contributed by atoms with Crippen LogP contribution < -0.4 is 10.00 Å². The zero-order valence-electron chi connectivity index (χ0n) is 10.6. The maximum absolute atomic E-state index is 11.9. The van der Waals surface area contributed by atoms with Gasteiger partial charge >= 0.3 is 0 Å². The first kappa shape index (κ1) is 12.2. The minimum atomic E-state index is -0.0731. The second-order valence-electron chi connectivity index (χ2n) is 4.21. The van der Waals surface area contributed by atoms with Crippen molar-refractivity contribution in [2.45, 2.75) is 20.4 Å².